The van der Waals surface area contributed by atoms with E-state index in [2.05, 4.69) is 70.6 Å². The largest absolute Gasteiger partial charge is 0.351 e. The lowest BCUT2D eigenvalue weighted by atomic mass is 10.2. The molecule has 0 unspecified atom stereocenters. The molecule has 0 aliphatic carbocycles. The fourth-order valence-corrected chi connectivity index (χ4v) is 4.38. The zero-order chi connectivity index (χ0) is 23.8. The molecule has 1 aromatic heterocycles. The zero-order valence-electron chi connectivity index (χ0n) is 20.3. The molecule has 178 valence electrons. The highest BCUT2D eigenvalue weighted by Gasteiger charge is 2.19. The Morgan fingerprint density at radius 2 is 1.59 bits per heavy atom. The van der Waals surface area contributed by atoms with Gasteiger partial charge in [0.1, 0.15) is 0 Å². The number of hydrogen-bond acceptors (Lipinski definition) is 4. The van der Waals surface area contributed by atoms with Crippen molar-refractivity contribution < 1.29 is 4.79 Å². The summed E-state index contributed by atoms with van der Waals surface area (Å²) in [6.07, 6.45) is 4.39. The van der Waals surface area contributed by atoms with Crippen LogP contribution in [0, 0.1) is 13.8 Å². The summed E-state index contributed by atoms with van der Waals surface area (Å²) < 4.78 is 2.03. The van der Waals surface area contributed by atoms with Gasteiger partial charge >= 0.3 is 0 Å². The van der Waals surface area contributed by atoms with Gasteiger partial charge in [0.15, 0.2) is 0 Å². The van der Waals surface area contributed by atoms with Crippen molar-refractivity contribution in [3.63, 3.8) is 0 Å². The van der Waals surface area contributed by atoms with Crippen molar-refractivity contribution in [2.24, 2.45) is 0 Å². The Balaban J connectivity index is 1.19. The van der Waals surface area contributed by atoms with Crippen molar-refractivity contribution in [3.8, 4) is 0 Å². The molecule has 4 rings (SSSR count). The second-order valence-electron chi connectivity index (χ2n) is 8.96. The number of nitrogens with zero attached hydrogens (tertiary/aromatic N) is 4. The molecule has 0 saturated carbocycles. The van der Waals surface area contributed by atoms with Crippen LogP contribution >= 0.6 is 0 Å². The molecule has 2 heterocycles. The molecule has 1 fully saturated rings. The van der Waals surface area contributed by atoms with Crippen molar-refractivity contribution in [1.29, 1.82) is 0 Å². The van der Waals surface area contributed by atoms with E-state index in [0.29, 0.717) is 13.1 Å². The van der Waals surface area contributed by atoms with E-state index in [1.807, 2.05) is 35.9 Å². The molecule has 6 heteroatoms. The number of nitrogens with one attached hydrogen (secondary N) is 1. The third kappa shape index (κ3) is 6.65. The Bertz CT molecular complexity index is 1080. The molecule has 1 N–H and O–H groups in total. The number of rotatable bonds is 9. The van der Waals surface area contributed by atoms with Crippen molar-refractivity contribution in [2.45, 2.75) is 26.9 Å². The van der Waals surface area contributed by atoms with Gasteiger partial charge in [-0.1, -0.05) is 72.8 Å². The lowest BCUT2D eigenvalue weighted by molar-refractivity contribution is -0.122. The van der Waals surface area contributed by atoms with E-state index in [1.54, 1.807) is 0 Å². The second kappa shape index (κ2) is 11.8. The topological polar surface area (TPSA) is 53.4 Å². The van der Waals surface area contributed by atoms with Crippen molar-refractivity contribution in [1.82, 2.24) is 24.9 Å². The summed E-state index contributed by atoms with van der Waals surface area (Å²) >= 11 is 0. The van der Waals surface area contributed by atoms with Crippen LogP contribution in [-0.4, -0.2) is 64.8 Å². The molecule has 0 bridgehead atoms. The SMILES string of the molecule is Cc1nn(Cc2ccccc2)c(C)c1CNC(=O)CN1CCN(C/C=C/c2ccccc2)CC1. The molecule has 1 amide bonds. The van der Waals surface area contributed by atoms with Crippen molar-refractivity contribution in [2.75, 3.05) is 39.3 Å². The quantitative estimate of drug-likeness (QED) is 0.534. The maximum atomic E-state index is 12.6. The smallest absolute Gasteiger partial charge is 0.234 e. The second-order valence-corrected chi connectivity index (χ2v) is 8.96. The van der Waals surface area contributed by atoms with Gasteiger partial charge in [-0.3, -0.25) is 19.3 Å². The third-order valence-corrected chi connectivity index (χ3v) is 6.47. The first kappa shape index (κ1) is 23.9. The summed E-state index contributed by atoms with van der Waals surface area (Å²) in [6, 6.07) is 20.7. The first-order valence-electron chi connectivity index (χ1n) is 12.1. The van der Waals surface area contributed by atoms with Crippen LogP contribution in [0.5, 0.6) is 0 Å². The highest BCUT2D eigenvalue weighted by atomic mass is 16.2. The molecule has 3 aromatic rings. The zero-order valence-corrected chi connectivity index (χ0v) is 20.3. The van der Waals surface area contributed by atoms with E-state index in [0.717, 1.165) is 56.2 Å². The van der Waals surface area contributed by atoms with Crippen LogP contribution in [-0.2, 0) is 17.9 Å². The molecule has 0 atom stereocenters. The van der Waals surface area contributed by atoms with Crippen LogP contribution in [0.15, 0.2) is 66.7 Å². The van der Waals surface area contributed by atoms with Gasteiger partial charge in [0, 0.05) is 50.5 Å². The summed E-state index contributed by atoms with van der Waals surface area (Å²) in [6.45, 7) is 10.6. The van der Waals surface area contributed by atoms with Gasteiger partial charge in [-0.05, 0) is 25.0 Å². The van der Waals surface area contributed by atoms with Crippen LogP contribution in [0.2, 0.25) is 0 Å². The van der Waals surface area contributed by atoms with Gasteiger partial charge in [0.05, 0.1) is 18.8 Å². The Hall–Kier alpha value is -3.22. The van der Waals surface area contributed by atoms with Gasteiger partial charge in [-0.2, -0.15) is 5.10 Å². The standard InChI is InChI=1S/C28H35N5O/c1-23-27(24(2)33(30-23)21-26-12-7-4-8-13-26)20-29-28(34)22-32-18-16-31(17-19-32)15-9-14-25-10-5-3-6-11-25/h3-14H,15-22H2,1-2H3,(H,29,34)/b14-9+. The van der Waals surface area contributed by atoms with Crippen LogP contribution < -0.4 is 5.32 Å². The van der Waals surface area contributed by atoms with Crippen LogP contribution in [0.25, 0.3) is 6.08 Å². The average molecular weight is 458 g/mol. The highest BCUT2D eigenvalue weighted by Crippen LogP contribution is 2.15. The van der Waals surface area contributed by atoms with Crippen molar-refractivity contribution >= 4 is 12.0 Å². The Morgan fingerprint density at radius 1 is 0.941 bits per heavy atom. The molecule has 6 nitrogen and oxygen atoms in total. The van der Waals surface area contributed by atoms with Crippen LogP contribution in [0.4, 0.5) is 0 Å². The highest BCUT2D eigenvalue weighted by molar-refractivity contribution is 5.78. The van der Waals surface area contributed by atoms with E-state index in [4.69, 9.17) is 5.10 Å². The molecule has 0 spiro atoms. The number of aromatic nitrogens is 2. The van der Waals surface area contributed by atoms with E-state index in [-0.39, 0.29) is 5.91 Å². The summed E-state index contributed by atoms with van der Waals surface area (Å²) in [7, 11) is 0. The normalized spacial score (nSPS) is 15.1. The van der Waals surface area contributed by atoms with E-state index >= 15 is 0 Å². The predicted octanol–water partition coefficient (Wildman–Crippen LogP) is 3.50. The number of carbonyl (C=O) groups is 1. The molecular weight excluding hydrogens is 422 g/mol. The number of amides is 1. The van der Waals surface area contributed by atoms with E-state index in [1.165, 1.54) is 11.1 Å². The van der Waals surface area contributed by atoms with Gasteiger partial charge < -0.3 is 5.32 Å². The minimum absolute atomic E-state index is 0.0760. The molecule has 1 aliphatic rings. The number of hydrogen-bond donors (Lipinski definition) is 1. The maximum Gasteiger partial charge on any atom is 0.234 e. The number of benzene rings is 2. The van der Waals surface area contributed by atoms with Gasteiger partial charge in [-0.25, -0.2) is 0 Å². The van der Waals surface area contributed by atoms with E-state index < -0.39 is 0 Å². The maximum absolute atomic E-state index is 12.6. The third-order valence-electron chi connectivity index (χ3n) is 6.47. The van der Waals surface area contributed by atoms with Crippen LogP contribution in [0.3, 0.4) is 0 Å². The number of piperazine rings is 1. The number of aryl methyl sites for hydroxylation is 1. The fraction of sp³-hybridized carbons (Fsp3) is 0.357. The van der Waals surface area contributed by atoms with Gasteiger partial charge in [0.25, 0.3) is 0 Å². The summed E-state index contributed by atoms with van der Waals surface area (Å²) in [4.78, 5) is 17.3. The lowest BCUT2D eigenvalue weighted by Crippen LogP contribution is -2.49. The summed E-state index contributed by atoms with van der Waals surface area (Å²) in [5.74, 6) is 0.0760. The van der Waals surface area contributed by atoms with Crippen molar-refractivity contribution in [3.05, 3.63) is 94.8 Å². The lowest BCUT2D eigenvalue weighted by Gasteiger charge is -2.33. The first-order chi connectivity index (χ1) is 16.6. The Kier molecular flexibility index (Phi) is 8.28. The minimum Gasteiger partial charge on any atom is -0.351 e. The van der Waals surface area contributed by atoms with E-state index in [9.17, 15) is 4.79 Å². The fourth-order valence-electron chi connectivity index (χ4n) is 4.38. The monoisotopic (exact) mass is 457 g/mol. The minimum atomic E-state index is 0.0760. The van der Waals surface area contributed by atoms with Gasteiger partial charge in [-0.15, -0.1) is 0 Å². The number of carbonyl (C=O) groups excluding carboxylic acids is 1. The summed E-state index contributed by atoms with van der Waals surface area (Å²) in [5.41, 5.74) is 5.65. The molecule has 1 aliphatic heterocycles. The summed E-state index contributed by atoms with van der Waals surface area (Å²) in [5, 5.41) is 7.81. The molecular formula is C28H35N5O. The average Bonchev–Trinajstić information content (AvgIpc) is 3.12. The van der Waals surface area contributed by atoms with Gasteiger partial charge in [0.2, 0.25) is 5.91 Å². The molecule has 1 saturated heterocycles. The Morgan fingerprint density at radius 3 is 2.29 bits per heavy atom. The molecule has 34 heavy (non-hydrogen) atoms. The first-order valence-corrected chi connectivity index (χ1v) is 12.1. The van der Waals surface area contributed by atoms with Crippen LogP contribution in [0.1, 0.15) is 28.1 Å². The molecule has 2 aromatic carbocycles. The Labute approximate surface area is 202 Å². The predicted molar refractivity (Wildman–Crippen MR) is 137 cm³/mol. The molecule has 0 radical (unpaired) electrons.